The Morgan fingerprint density at radius 3 is 2.53 bits per heavy atom. The molecule has 3 heterocycles. The zero-order valence-corrected chi connectivity index (χ0v) is 19.2. The molecular weight excluding hydrogens is 428 g/mol. The number of likely N-dealkylation sites (tertiary alicyclic amines) is 2. The highest BCUT2D eigenvalue weighted by Crippen LogP contribution is 2.50. The number of ketones is 1. The number of carbonyl (C=O) groups excluding carboxylic acids is 2. The Morgan fingerprint density at radius 1 is 1.03 bits per heavy atom. The topological polar surface area (TPSA) is 89.5 Å². The van der Waals surface area contributed by atoms with Crippen LogP contribution in [0.15, 0.2) is 54.6 Å². The van der Waals surface area contributed by atoms with Crippen molar-refractivity contribution in [2.45, 2.75) is 55.7 Å². The van der Waals surface area contributed by atoms with E-state index in [-0.39, 0.29) is 17.7 Å². The van der Waals surface area contributed by atoms with E-state index in [2.05, 4.69) is 14.9 Å². The molecule has 0 bridgehead atoms. The number of nitrogens with zero attached hydrogens (tertiary/aromatic N) is 3. The van der Waals surface area contributed by atoms with Crippen LogP contribution in [0.5, 0.6) is 0 Å². The normalized spacial score (nSPS) is 26.4. The standard InChI is InChI=1S/C27H30N4O3/c32-23(12-11-22-28-20-9-4-5-10-21(20)29-22)31-16-6-13-27(31)24(25(27)33)30-17-14-26(34,15-18-30)19-7-2-1-3-8-19/h1-5,7-10,24,34H,6,11-18H2,(H,28,29). The molecule has 2 unspecified atom stereocenters. The molecule has 176 valence electrons. The Morgan fingerprint density at radius 2 is 1.76 bits per heavy atom. The van der Waals surface area contributed by atoms with Crippen molar-refractivity contribution < 1.29 is 14.7 Å². The number of rotatable bonds is 5. The molecule has 0 radical (unpaired) electrons. The molecular formula is C27H30N4O3. The number of amides is 1. The summed E-state index contributed by atoms with van der Waals surface area (Å²) < 4.78 is 0. The first-order valence-corrected chi connectivity index (χ1v) is 12.3. The highest BCUT2D eigenvalue weighted by Gasteiger charge is 2.72. The second-order valence-electron chi connectivity index (χ2n) is 9.97. The molecule has 2 atom stereocenters. The van der Waals surface area contributed by atoms with E-state index in [1.54, 1.807) is 0 Å². The predicted molar refractivity (Wildman–Crippen MR) is 128 cm³/mol. The number of Topliss-reactive ketones (excluding diaryl/α,β-unsaturated/α-hetero) is 1. The maximum atomic E-state index is 13.2. The van der Waals surface area contributed by atoms with E-state index in [0.717, 1.165) is 35.3 Å². The van der Waals surface area contributed by atoms with Gasteiger partial charge >= 0.3 is 0 Å². The van der Waals surface area contributed by atoms with Crippen LogP contribution in [0.1, 0.15) is 43.5 Å². The lowest BCUT2D eigenvalue weighted by Crippen LogP contribution is -2.48. The molecule has 3 aliphatic rings. The first-order chi connectivity index (χ1) is 16.5. The average Bonchev–Trinajstić information content (AvgIpc) is 3.20. The van der Waals surface area contributed by atoms with Gasteiger partial charge < -0.3 is 15.0 Å². The lowest BCUT2D eigenvalue weighted by Gasteiger charge is -2.39. The molecule has 2 aromatic carbocycles. The molecule has 3 fully saturated rings. The summed E-state index contributed by atoms with van der Waals surface area (Å²) >= 11 is 0. The third-order valence-corrected chi connectivity index (χ3v) is 8.08. The SMILES string of the molecule is O=C(CCc1nc2ccccc2[nH]1)N1CCCC12C(=O)C2N1CCC(O)(c2ccccc2)CC1. The lowest BCUT2D eigenvalue weighted by molar-refractivity contribution is -0.135. The summed E-state index contributed by atoms with van der Waals surface area (Å²) in [7, 11) is 0. The molecule has 2 saturated heterocycles. The Kier molecular flexibility index (Phi) is 5.08. The zero-order valence-electron chi connectivity index (χ0n) is 19.2. The van der Waals surface area contributed by atoms with Gasteiger partial charge in [-0.25, -0.2) is 4.98 Å². The van der Waals surface area contributed by atoms with Crippen LogP contribution in [-0.2, 0) is 21.6 Å². The smallest absolute Gasteiger partial charge is 0.223 e. The van der Waals surface area contributed by atoms with Gasteiger partial charge in [0.05, 0.1) is 16.6 Å². The minimum atomic E-state index is -0.847. The van der Waals surface area contributed by atoms with E-state index in [1.807, 2.05) is 59.5 Å². The van der Waals surface area contributed by atoms with Gasteiger partial charge in [-0.05, 0) is 43.4 Å². The van der Waals surface area contributed by atoms with E-state index >= 15 is 0 Å². The van der Waals surface area contributed by atoms with E-state index in [1.165, 1.54) is 0 Å². The van der Waals surface area contributed by atoms with Gasteiger partial charge in [-0.3, -0.25) is 14.5 Å². The van der Waals surface area contributed by atoms with E-state index in [9.17, 15) is 14.7 Å². The summed E-state index contributed by atoms with van der Waals surface area (Å²) in [5.74, 6) is 1.01. The molecule has 1 spiro atoms. The molecule has 3 aromatic rings. The van der Waals surface area contributed by atoms with Gasteiger partial charge in [0.1, 0.15) is 17.4 Å². The minimum absolute atomic E-state index is 0.0339. The quantitative estimate of drug-likeness (QED) is 0.614. The summed E-state index contributed by atoms with van der Waals surface area (Å²) in [5, 5.41) is 11.2. The van der Waals surface area contributed by atoms with Crippen molar-refractivity contribution in [1.29, 1.82) is 0 Å². The summed E-state index contributed by atoms with van der Waals surface area (Å²) in [6.45, 7) is 1.96. The third-order valence-electron chi connectivity index (χ3n) is 8.08. The summed E-state index contributed by atoms with van der Waals surface area (Å²) in [6, 6.07) is 17.4. The summed E-state index contributed by atoms with van der Waals surface area (Å²) in [6.07, 6.45) is 3.67. The second-order valence-corrected chi connectivity index (χ2v) is 9.97. The molecule has 6 rings (SSSR count). The van der Waals surface area contributed by atoms with Crippen LogP contribution in [0.2, 0.25) is 0 Å². The average molecular weight is 459 g/mol. The maximum Gasteiger partial charge on any atom is 0.223 e. The highest BCUT2D eigenvalue weighted by atomic mass is 16.3. The van der Waals surface area contributed by atoms with Crippen LogP contribution in [0.3, 0.4) is 0 Å². The molecule has 34 heavy (non-hydrogen) atoms. The number of hydrogen-bond donors (Lipinski definition) is 2. The lowest BCUT2D eigenvalue weighted by atomic mass is 9.84. The van der Waals surface area contributed by atoms with Gasteiger partial charge in [0.15, 0.2) is 5.78 Å². The van der Waals surface area contributed by atoms with Gasteiger partial charge in [0.2, 0.25) is 5.91 Å². The number of H-pyrrole nitrogens is 1. The van der Waals surface area contributed by atoms with Crippen LogP contribution >= 0.6 is 0 Å². The maximum absolute atomic E-state index is 13.2. The fourth-order valence-corrected chi connectivity index (χ4v) is 6.19. The molecule has 7 nitrogen and oxygen atoms in total. The van der Waals surface area contributed by atoms with Crippen molar-refractivity contribution in [3.05, 3.63) is 66.0 Å². The van der Waals surface area contributed by atoms with Gasteiger partial charge in [0.25, 0.3) is 0 Å². The number of benzene rings is 2. The number of aromatic nitrogens is 2. The Hall–Kier alpha value is -3.03. The molecule has 2 aliphatic heterocycles. The number of fused-ring (bicyclic) bond motifs is 1. The Labute approximate surface area is 198 Å². The number of aliphatic hydroxyl groups is 1. The number of para-hydroxylation sites is 2. The van der Waals surface area contributed by atoms with Crippen molar-refractivity contribution in [2.24, 2.45) is 0 Å². The number of aryl methyl sites for hydroxylation is 1. The van der Waals surface area contributed by atoms with Crippen LogP contribution in [0, 0.1) is 0 Å². The first-order valence-electron chi connectivity index (χ1n) is 12.3. The van der Waals surface area contributed by atoms with E-state index in [4.69, 9.17) is 0 Å². The monoisotopic (exact) mass is 458 g/mol. The van der Waals surface area contributed by atoms with Gasteiger partial charge in [-0.15, -0.1) is 0 Å². The van der Waals surface area contributed by atoms with E-state index < -0.39 is 11.1 Å². The van der Waals surface area contributed by atoms with Crippen molar-refractivity contribution in [1.82, 2.24) is 19.8 Å². The number of nitrogens with one attached hydrogen (secondary N) is 1. The van der Waals surface area contributed by atoms with Crippen molar-refractivity contribution in [2.75, 3.05) is 19.6 Å². The van der Waals surface area contributed by atoms with Gasteiger partial charge in [-0.1, -0.05) is 42.5 Å². The van der Waals surface area contributed by atoms with Crippen molar-refractivity contribution in [3.63, 3.8) is 0 Å². The molecule has 1 aromatic heterocycles. The molecule has 7 heteroatoms. The Balaban J connectivity index is 1.11. The largest absolute Gasteiger partial charge is 0.385 e. The number of piperidine rings is 1. The van der Waals surface area contributed by atoms with E-state index in [0.29, 0.717) is 45.3 Å². The molecule has 2 N–H and O–H groups in total. The minimum Gasteiger partial charge on any atom is -0.385 e. The number of carbonyl (C=O) groups is 2. The van der Waals surface area contributed by atoms with Crippen molar-refractivity contribution in [3.8, 4) is 0 Å². The zero-order chi connectivity index (χ0) is 23.3. The number of imidazole rings is 1. The predicted octanol–water partition coefficient (Wildman–Crippen LogP) is 2.79. The number of hydrogen-bond acceptors (Lipinski definition) is 5. The highest BCUT2D eigenvalue weighted by molar-refractivity contribution is 6.14. The Bertz CT molecular complexity index is 1200. The number of aromatic amines is 1. The molecule has 1 saturated carbocycles. The van der Waals surface area contributed by atoms with Crippen LogP contribution in [0.4, 0.5) is 0 Å². The van der Waals surface area contributed by atoms with Crippen molar-refractivity contribution >= 4 is 22.7 Å². The fourth-order valence-electron chi connectivity index (χ4n) is 6.19. The second kappa shape index (κ2) is 8.03. The molecule has 1 amide bonds. The third kappa shape index (κ3) is 3.37. The van der Waals surface area contributed by atoms with Crippen LogP contribution in [-0.4, -0.2) is 67.8 Å². The van der Waals surface area contributed by atoms with Gasteiger partial charge in [0, 0.05) is 32.5 Å². The van der Waals surface area contributed by atoms with Gasteiger partial charge in [-0.2, -0.15) is 0 Å². The summed E-state index contributed by atoms with van der Waals surface area (Å²) in [4.78, 5) is 38.3. The fraction of sp³-hybridized carbons (Fsp3) is 0.444. The van der Waals surface area contributed by atoms with Crippen LogP contribution in [0.25, 0.3) is 11.0 Å². The summed E-state index contributed by atoms with van der Waals surface area (Å²) in [5.41, 5.74) is 1.31. The molecule has 1 aliphatic carbocycles. The first kappa shape index (κ1) is 21.5. The van der Waals surface area contributed by atoms with Crippen LogP contribution < -0.4 is 0 Å².